The lowest BCUT2D eigenvalue weighted by Crippen LogP contribution is -2.23. The van der Waals surface area contributed by atoms with Gasteiger partial charge in [-0.15, -0.1) is 0 Å². The third-order valence-corrected chi connectivity index (χ3v) is 6.26. The Hall–Kier alpha value is -1.16. The molecule has 0 radical (unpaired) electrons. The molecule has 3 N–H and O–H groups in total. The Kier molecular flexibility index (Phi) is 4.63. The van der Waals surface area contributed by atoms with E-state index in [1.165, 1.54) is 19.7 Å². The molecule has 0 aliphatic rings. The van der Waals surface area contributed by atoms with Gasteiger partial charge in [-0.05, 0) is 40.3 Å². The third-order valence-electron chi connectivity index (χ3n) is 2.69. The highest BCUT2D eigenvalue weighted by Crippen LogP contribution is 2.32. The Morgan fingerprint density at radius 1 is 1.45 bits per heavy atom. The summed E-state index contributed by atoms with van der Waals surface area (Å²) in [5.41, 5.74) is 6.91. The van der Waals surface area contributed by atoms with E-state index in [1.807, 2.05) is 11.4 Å². The van der Waals surface area contributed by atoms with Gasteiger partial charge >= 0.3 is 0 Å². The maximum absolute atomic E-state index is 12.2. The highest BCUT2D eigenvalue weighted by molar-refractivity contribution is 7.89. The molecule has 0 bridgehead atoms. The van der Waals surface area contributed by atoms with Crippen LogP contribution in [-0.2, 0) is 16.4 Å². The highest BCUT2D eigenvalue weighted by Gasteiger charge is 2.27. The van der Waals surface area contributed by atoms with Crippen LogP contribution in [0, 0.1) is 0 Å². The van der Waals surface area contributed by atoms with Crippen molar-refractivity contribution in [1.82, 2.24) is 8.68 Å². The number of hydrogen-bond acceptors (Lipinski definition) is 7. The minimum atomic E-state index is -3.58. The zero-order valence-electron chi connectivity index (χ0n) is 11.2. The summed E-state index contributed by atoms with van der Waals surface area (Å²) in [5.74, 6) is 0.0433. The van der Waals surface area contributed by atoms with E-state index >= 15 is 0 Å². The summed E-state index contributed by atoms with van der Waals surface area (Å²) in [7, 11) is -0.636. The predicted molar refractivity (Wildman–Crippen MR) is 83.9 cm³/mol. The molecule has 0 aliphatic heterocycles. The van der Waals surface area contributed by atoms with Crippen molar-refractivity contribution in [3.63, 3.8) is 0 Å². The second kappa shape index (κ2) is 6.08. The molecule has 0 aliphatic carbocycles. The van der Waals surface area contributed by atoms with Gasteiger partial charge in [-0.2, -0.15) is 15.7 Å². The van der Waals surface area contributed by atoms with Gasteiger partial charge in [-0.1, -0.05) is 0 Å². The number of nitrogens with two attached hydrogens (primary N) is 1. The molecular weight excluding hydrogens is 316 g/mol. The van der Waals surface area contributed by atoms with Gasteiger partial charge in [0.05, 0.1) is 0 Å². The zero-order chi connectivity index (χ0) is 14.8. The van der Waals surface area contributed by atoms with E-state index in [0.29, 0.717) is 11.5 Å². The van der Waals surface area contributed by atoms with Gasteiger partial charge in [0.2, 0.25) is 10.0 Å². The average Bonchev–Trinajstić information content (AvgIpc) is 2.99. The fourth-order valence-electron chi connectivity index (χ4n) is 1.59. The van der Waals surface area contributed by atoms with Crippen LogP contribution in [0.15, 0.2) is 21.7 Å². The van der Waals surface area contributed by atoms with Crippen molar-refractivity contribution in [2.45, 2.75) is 11.3 Å². The smallest absolute Gasteiger partial charge is 0.249 e. The summed E-state index contributed by atoms with van der Waals surface area (Å²) in [5, 5.41) is 7.69. The van der Waals surface area contributed by atoms with Crippen LogP contribution in [0.5, 0.6) is 0 Å². The summed E-state index contributed by atoms with van der Waals surface area (Å²) in [6.45, 7) is 0.633. The lowest BCUT2D eigenvalue weighted by Gasteiger charge is -2.12. The second-order valence-corrected chi connectivity index (χ2v) is 7.96. The summed E-state index contributed by atoms with van der Waals surface area (Å²) < 4.78 is 29.5. The van der Waals surface area contributed by atoms with Crippen LogP contribution in [0.25, 0.3) is 0 Å². The van der Waals surface area contributed by atoms with Crippen molar-refractivity contribution >= 4 is 43.7 Å². The van der Waals surface area contributed by atoms with Crippen LogP contribution in [0.4, 0.5) is 10.8 Å². The SMILES string of the molecule is CN(C)S(=O)(=O)c1c(N)nsc1NCCc1ccsc1. The Bertz CT molecular complexity index is 662. The Morgan fingerprint density at radius 2 is 2.20 bits per heavy atom. The maximum Gasteiger partial charge on any atom is 0.249 e. The van der Waals surface area contributed by atoms with Gasteiger partial charge in [0.25, 0.3) is 0 Å². The Balaban J connectivity index is 2.13. The average molecular weight is 332 g/mol. The van der Waals surface area contributed by atoms with Gasteiger partial charge in [0.15, 0.2) is 10.7 Å². The van der Waals surface area contributed by atoms with Crippen LogP contribution in [-0.4, -0.2) is 37.7 Å². The first-order chi connectivity index (χ1) is 9.43. The third kappa shape index (κ3) is 3.11. The van der Waals surface area contributed by atoms with Crippen LogP contribution in [0.2, 0.25) is 0 Å². The molecule has 0 fully saturated rings. The van der Waals surface area contributed by atoms with Gasteiger partial charge in [0.1, 0.15) is 5.00 Å². The normalized spacial score (nSPS) is 11.9. The first kappa shape index (κ1) is 15.2. The van der Waals surface area contributed by atoms with Crippen LogP contribution < -0.4 is 11.1 Å². The quantitative estimate of drug-likeness (QED) is 0.840. The van der Waals surface area contributed by atoms with E-state index in [0.717, 1.165) is 22.3 Å². The van der Waals surface area contributed by atoms with E-state index in [-0.39, 0.29) is 10.7 Å². The van der Waals surface area contributed by atoms with Crippen molar-refractivity contribution in [1.29, 1.82) is 0 Å². The number of anilines is 2. The molecule has 0 saturated carbocycles. The maximum atomic E-state index is 12.2. The molecule has 0 saturated heterocycles. The molecule has 110 valence electrons. The van der Waals surface area contributed by atoms with Gasteiger partial charge in [-0.25, -0.2) is 12.7 Å². The van der Waals surface area contributed by atoms with Crippen LogP contribution in [0.3, 0.4) is 0 Å². The van der Waals surface area contributed by atoms with Crippen molar-refractivity contribution in [3.8, 4) is 0 Å². The first-order valence-electron chi connectivity index (χ1n) is 5.85. The number of nitrogen functional groups attached to an aromatic ring is 1. The highest BCUT2D eigenvalue weighted by atomic mass is 32.2. The molecule has 0 unspecified atom stereocenters. The fourth-order valence-corrected chi connectivity index (χ4v) is 4.40. The number of sulfonamides is 1. The summed E-state index contributed by atoms with van der Waals surface area (Å²) >= 11 is 2.71. The van der Waals surface area contributed by atoms with Crippen molar-refractivity contribution < 1.29 is 8.42 Å². The second-order valence-electron chi connectivity index (χ2n) is 4.32. The van der Waals surface area contributed by atoms with E-state index in [9.17, 15) is 8.42 Å². The van der Waals surface area contributed by atoms with Crippen molar-refractivity contribution in [3.05, 3.63) is 22.4 Å². The topological polar surface area (TPSA) is 88.3 Å². The van der Waals surface area contributed by atoms with E-state index in [1.54, 1.807) is 11.3 Å². The molecule has 0 aromatic carbocycles. The fraction of sp³-hybridized carbons (Fsp3) is 0.364. The number of rotatable bonds is 6. The minimum absolute atomic E-state index is 0.0433. The van der Waals surface area contributed by atoms with E-state index in [2.05, 4.69) is 15.1 Å². The standard InChI is InChI=1S/C11H16N4O2S3/c1-15(2)20(16,17)9-10(12)14-19-11(9)13-5-3-8-4-6-18-7-8/h4,6-7,13H,3,5H2,1-2H3,(H2,12,14). The largest absolute Gasteiger partial charge is 0.382 e. The van der Waals surface area contributed by atoms with E-state index in [4.69, 9.17) is 5.73 Å². The number of nitrogens with one attached hydrogen (secondary N) is 1. The molecule has 20 heavy (non-hydrogen) atoms. The monoisotopic (exact) mass is 332 g/mol. The molecule has 0 spiro atoms. The van der Waals surface area contributed by atoms with Gasteiger partial charge < -0.3 is 11.1 Å². The number of thiophene rings is 1. The van der Waals surface area contributed by atoms with E-state index < -0.39 is 10.0 Å². The lowest BCUT2D eigenvalue weighted by molar-refractivity contribution is 0.521. The van der Waals surface area contributed by atoms with Gasteiger partial charge in [-0.3, -0.25) is 0 Å². The predicted octanol–water partition coefficient (Wildman–Crippen LogP) is 1.69. The molecule has 0 atom stereocenters. The molecule has 0 amide bonds. The molecule has 2 aromatic rings. The first-order valence-corrected chi connectivity index (χ1v) is 9.01. The lowest BCUT2D eigenvalue weighted by atomic mass is 10.2. The van der Waals surface area contributed by atoms with Crippen LogP contribution in [0.1, 0.15) is 5.56 Å². The summed E-state index contributed by atoms with van der Waals surface area (Å²) in [4.78, 5) is 0.0674. The van der Waals surface area contributed by atoms with Crippen molar-refractivity contribution in [2.24, 2.45) is 0 Å². The number of nitrogens with zero attached hydrogens (tertiary/aromatic N) is 2. The van der Waals surface area contributed by atoms with Gasteiger partial charge in [0, 0.05) is 20.6 Å². The zero-order valence-corrected chi connectivity index (χ0v) is 13.6. The van der Waals surface area contributed by atoms with Crippen LogP contribution >= 0.6 is 22.9 Å². The molecule has 9 heteroatoms. The number of hydrogen-bond donors (Lipinski definition) is 2. The van der Waals surface area contributed by atoms with Crippen molar-refractivity contribution in [2.75, 3.05) is 31.7 Å². The minimum Gasteiger partial charge on any atom is -0.382 e. The molecular formula is C11H16N4O2S3. The number of aromatic nitrogens is 1. The molecule has 2 aromatic heterocycles. The Morgan fingerprint density at radius 3 is 2.80 bits per heavy atom. The summed E-state index contributed by atoms with van der Waals surface area (Å²) in [6, 6.07) is 2.05. The Labute approximate surface area is 126 Å². The summed E-state index contributed by atoms with van der Waals surface area (Å²) in [6.07, 6.45) is 0.822. The molecule has 6 nitrogen and oxygen atoms in total. The molecule has 2 heterocycles. The molecule has 2 rings (SSSR count).